The summed E-state index contributed by atoms with van der Waals surface area (Å²) in [6, 6.07) is 10.6. The van der Waals surface area contributed by atoms with Gasteiger partial charge in [0.1, 0.15) is 11.5 Å². The highest BCUT2D eigenvalue weighted by molar-refractivity contribution is 5.79. The molecule has 0 aliphatic heterocycles. The van der Waals surface area contributed by atoms with Crippen molar-refractivity contribution in [3.05, 3.63) is 59.7 Å². The highest BCUT2D eigenvalue weighted by Gasteiger charge is 2.40. The first-order valence-corrected chi connectivity index (χ1v) is 14.7. The topological polar surface area (TPSA) is 114 Å². The Hall–Kier alpha value is -3.52. The number of benzene rings is 2. The molecule has 0 bridgehead atoms. The minimum absolute atomic E-state index is 0.0642. The normalized spacial score (nSPS) is 25.8. The van der Waals surface area contributed by atoms with Crippen LogP contribution in [-0.2, 0) is 14.3 Å². The fraction of sp³-hybridized carbons (Fsp3) is 0.548. The van der Waals surface area contributed by atoms with Gasteiger partial charge in [-0.05, 0) is 79.8 Å². The van der Waals surface area contributed by atoms with Gasteiger partial charge in [-0.1, -0.05) is 24.3 Å². The molecule has 2 fully saturated rings. The highest BCUT2D eigenvalue weighted by atomic mass is 19.4. The van der Waals surface area contributed by atoms with Gasteiger partial charge >= 0.3 is 18.7 Å². The molecule has 2 aliphatic rings. The minimum Gasteiger partial charge on any atom is -0.481 e. The number of ether oxygens (including phenoxy) is 3. The van der Waals surface area contributed by atoms with Crippen LogP contribution in [0.5, 0.6) is 11.5 Å². The van der Waals surface area contributed by atoms with Crippen LogP contribution in [0, 0.1) is 11.8 Å². The van der Waals surface area contributed by atoms with Gasteiger partial charge in [-0.3, -0.25) is 9.59 Å². The number of carboxylic acid groups (broad SMARTS) is 1. The number of aliphatic hydroxyl groups is 1. The van der Waals surface area contributed by atoms with Crippen molar-refractivity contribution in [1.82, 2.24) is 5.32 Å². The van der Waals surface area contributed by atoms with Crippen LogP contribution in [0.4, 0.5) is 26.3 Å². The summed E-state index contributed by atoms with van der Waals surface area (Å²) >= 11 is 0. The van der Waals surface area contributed by atoms with Crippen molar-refractivity contribution in [3.8, 4) is 11.5 Å². The van der Waals surface area contributed by atoms with E-state index in [4.69, 9.17) is 9.84 Å². The van der Waals surface area contributed by atoms with Gasteiger partial charge in [0.05, 0.1) is 18.6 Å². The smallest absolute Gasteiger partial charge is 0.481 e. The zero-order valence-electron chi connectivity index (χ0n) is 24.2. The van der Waals surface area contributed by atoms with Crippen molar-refractivity contribution in [1.29, 1.82) is 0 Å². The summed E-state index contributed by atoms with van der Waals surface area (Å²) < 4.78 is 90.2. The van der Waals surface area contributed by atoms with Crippen LogP contribution in [0.15, 0.2) is 48.5 Å². The maximum Gasteiger partial charge on any atom is 0.573 e. The Morgan fingerprint density at radius 2 is 1.29 bits per heavy atom. The zero-order chi connectivity index (χ0) is 32.8. The van der Waals surface area contributed by atoms with Crippen molar-refractivity contribution in [2.45, 2.75) is 81.7 Å². The van der Waals surface area contributed by atoms with Gasteiger partial charge in [-0.25, -0.2) is 0 Å². The van der Waals surface area contributed by atoms with Gasteiger partial charge in [-0.15, -0.1) is 26.3 Å². The van der Waals surface area contributed by atoms with Crippen molar-refractivity contribution in [3.63, 3.8) is 0 Å². The van der Waals surface area contributed by atoms with Crippen molar-refractivity contribution in [2.75, 3.05) is 13.2 Å². The third kappa shape index (κ3) is 10.5. The van der Waals surface area contributed by atoms with Gasteiger partial charge in [-0.2, -0.15) is 0 Å². The molecule has 2 aromatic carbocycles. The number of carbonyl (C=O) groups is 2. The lowest BCUT2D eigenvalue weighted by Gasteiger charge is -2.40. The second-order valence-electron chi connectivity index (χ2n) is 11.5. The molecule has 45 heavy (non-hydrogen) atoms. The molecule has 0 saturated heterocycles. The van der Waals surface area contributed by atoms with Crippen LogP contribution in [0.3, 0.4) is 0 Å². The Morgan fingerprint density at radius 1 is 0.778 bits per heavy atom. The second kappa shape index (κ2) is 14.7. The Labute approximate surface area is 255 Å². The maximum atomic E-state index is 12.7. The lowest BCUT2D eigenvalue weighted by molar-refractivity contribution is -0.275. The first-order valence-electron chi connectivity index (χ1n) is 14.7. The molecule has 2 aromatic rings. The molecule has 8 nitrogen and oxygen atoms in total. The molecule has 1 amide bonds. The first kappa shape index (κ1) is 34.4. The number of hydrogen-bond acceptors (Lipinski definition) is 6. The number of hydrogen-bond donors (Lipinski definition) is 3. The third-order valence-electron chi connectivity index (χ3n) is 8.38. The number of alkyl halides is 6. The quantitative estimate of drug-likeness (QED) is 0.246. The Bertz CT molecular complexity index is 1260. The van der Waals surface area contributed by atoms with Crippen LogP contribution in [0.1, 0.15) is 67.9 Å². The minimum atomic E-state index is -4.85. The van der Waals surface area contributed by atoms with Gasteiger partial charge < -0.3 is 29.7 Å². The zero-order valence-corrected chi connectivity index (χ0v) is 24.2. The fourth-order valence-electron chi connectivity index (χ4n) is 6.16. The van der Waals surface area contributed by atoms with E-state index >= 15 is 0 Å². The molecule has 0 radical (unpaired) electrons. The molecule has 2 aliphatic carbocycles. The van der Waals surface area contributed by atoms with Gasteiger partial charge in [0.15, 0.2) is 0 Å². The SMILES string of the molecule is O=C(O)CCNC(=O)C1CCC(CO[C@@H]2CC(c3ccc(OC(F)(F)F)cc3)C(O)CC2c2ccc(OC(F)(F)F)cc2)CC1. The summed E-state index contributed by atoms with van der Waals surface area (Å²) in [5.74, 6) is -2.92. The van der Waals surface area contributed by atoms with E-state index in [1.54, 1.807) is 0 Å². The molecular formula is C31H35F6NO7. The van der Waals surface area contributed by atoms with Gasteiger partial charge in [0, 0.05) is 30.9 Å². The summed E-state index contributed by atoms with van der Waals surface area (Å²) in [5.41, 5.74) is 1.23. The van der Waals surface area contributed by atoms with Crippen LogP contribution < -0.4 is 14.8 Å². The Morgan fingerprint density at radius 3 is 1.78 bits per heavy atom. The highest BCUT2D eigenvalue weighted by Crippen LogP contribution is 2.44. The van der Waals surface area contributed by atoms with Crippen LogP contribution in [0.2, 0.25) is 0 Å². The number of carbonyl (C=O) groups excluding carboxylic acids is 1. The van der Waals surface area contributed by atoms with Crippen molar-refractivity contribution >= 4 is 11.9 Å². The van der Waals surface area contributed by atoms with Crippen LogP contribution in [-0.4, -0.2) is 60.2 Å². The summed E-state index contributed by atoms with van der Waals surface area (Å²) in [7, 11) is 0. The van der Waals surface area contributed by atoms with Crippen LogP contribution >= 0.6 is 0 Å². The molecular weight excluding hydrogens is 612 g/mol. The van der Waals surface area contributed by atoms with Gasteiger partial charge in [0.25, 0.3) is 0 Å². The molecule has 0 aromatic heterocycles. The third-order valence-corrected chi connectivity index (χ3v) is 8.38. The average Bonchev–Trinajstić information content (AvgIpc) is 2.96. The molecule has 248 valence electrons. The molecule has 0 heterocycles. The van der Waals surface area contributed by atoms with Crippen molar-refractivity contribution in [2.24, 2.45) is 11.8 Å². The molecule has 14 heteroatoms. The molecule has 4 rings (SSSR count). The maximum absolute atomic E-state index is 12.7. The number of amides is 1. The molecule has 0 spiro atoms. The summed E-state index contributed by atoms with van der Waals surface area (Å²) in [4.78, 5) is 23.1. The van der Waals surface area contributed by atoms with E-state index in [9.17, 15) is 41.0 Å². The van der Waals surface area contributed by atoms with E-state index in [2.05, 4.69) is 14.8 Å². The fourth-order valence-corrected chi connectivity index (χ4v) is 6.16. The standard InChI is InChI=1S/C31H35F6NO7/c32-30(33,34)44-22-9-5-19(6-10-22)24-16-27(25(15-26(24)39)20-7-11-23(12-8-20)45-31(35,36)37)43-17-18-1-3-21(4-2-18)29(42)38-14-13-28(40)41/h5-12,18,21,24-27,39H,1-4,13-17H2,(H,38,42)(H,40,41)/t18?,21?,24?,25?,26?,27-/m1/s1. The number of aliphatic hydroxyl groups excluding tert-OH is 1. The number of nitrogens with one attached hydrogen (secondary N) is 1. The first-order chi connectivity index (χ1) is 21.2. The summed E-state index contributed by atoms with van der Waals surface area (Å²) in [6.45, 7) is 0.402. The lowest BCUT2D eigenvalue weighted by atomic mass is 9.72. The number of rotatable bonds is 11. The monoisotopic (exact) mass is 647 g/mol. The average molecular weight is 648 g/mol. The van der Waals surface area contributed by atoms with E-state index < -0.39 is 42.6 Å². The molecule has 2 saturated carbocycles. The van der Waals surface area contributed by atoms with Crippen molar-refractivity contribution < 1.29 is 60.4 Å². The van der Waals surface area contributed by atoms with E-state index in [1.807, 2.05) is 0 Å². The van der Waals surface area contributed by atoms with E-state index in [-0.39, 0.29) is 48.8 Å². The summed E-state index contributed by atoms with van der Waals surface area (Å²) in [6.07, 6.45) is -8.13. The molecule has 3 unspecified atom stereocenters. The van der Waals surface area contributed by atoms with Gasteiger partial charge in [0.2, 0.25) is 5.91 Å². The molecule has 4 atom stereocenters. The lowest BCUT2D eigenvalue weighted by Crippen LogP contribution is -2.39. The summed E-state index contributed by atoms with van der Waals surface area (Å²) in [5, 5.41) is 22.5. The van der Waals surface area contributed by atoms with Crippen LogP contribution in [0.25, 0.3) is 0 Å². The van der Waals surface area contributed by atoms with E-state index in [0.717, 1.165) is 0 Å². The predicted octanol–water partition coefficient (Wildman–Crippen LogP) is 6.29. The van der Waals surface area contributed by atoms with E-state index in [0.29, 0.717) is 49.8 Å². The number of carboxylic acids is 1. The van der Waals surface area contributed by atoms with E-state index in [1.165, 1.54) is 48.5 Å². The predicted molar refractivity (Wildman–Crippen MR) is 147 cm³/mol. The largest absolute Gasteiger partial charge is 0.573 e. The molecule has 3 N–H and O–H groups in total. The number of aliphatic carboxylic acids is 1. The second-order valence-corrected chi connectivity index (χ2v) is 11.5. The Kier molecular flexibility index (Phi) is 11.2. The Balaban J connectivity index is 1.43. The number of halogens is 6.